The Balaban J connectivity index is 1.18. The molecule has 12 heteroatoms. The van der Waals surface area contributed by atoms with E-state index in [-0.39, 0.29) is 5.56 Å². The fourth-order valence-electron chi connectivity index (χ4n) is 5.24. The summed E-state index contributed by atoms with van der Waals surface area (Å²) in [7, 11) is 3.15. The van der Waals surface area contributed by atoms with Crippen LogP contribution in [0.5, 0.6) is 0 Å². The van der Waals surface area contributed by atoms with Gasteiger partial charge in [-0.05, 0) is 66.3 Å². The minimum absolute atomic E-state index is 0.358. The van der Waals surface area contributed by atoms with Crippen molar-refractivity contribution < 1.29 is 0 Å². The first kappa shape index (κ1) is 28.7. The molecule has 0 bridgehead atoms. The third kappa shape index (κ3) is 5.93. The molecule has 1 saturated heterocycles. The van der Waals surface area contributed by atoms with Crippen LogP contribution in [-0.4, -0.2) is 54.9 Å². The predicted octanol–water partition coefficient (Wildman–Crippen LogP) is 4.51. The minimum Gasteiger partial charge on any atom is -0.356 e. The molecule has 6 rings (SSSR count). The minimum atomic E-state index is -0.400. The molecule has 43 heavy (non-hydrogen) atoms. The van der Waals surface area contributed by atoms with Gasteiger partial charge in [-0.15, -0.1) is 0 Å². The maximum atomic E-state index is 13.3. The average Bonchev–Trinajstić information content (AvgIpc) is 3.40. The van der Waals surface area contributed by atoms with Crippen LogP contribution in [0, 0.1) is 0 Å². The number of hydrogen-bond acceptors (Lipinski definition) is 6. The van der Waals surface area contributed by atoms with Crippen molar-refractivity contribution in [1.82, 2.24) is 23.6 Å². The average molecular weight is 660 g/mol. The maximum Gasteiger partial charge on any atom is 0.332 e. The smallest absolute Gasteiger partial charge is 0.332 e. The van der Waals surface area contributed by atoms with E-state index in [0.29, 0.717) is 54.9 Å². The first-order chi connectivity index (χ1) is 20.8. The number of halogens is 1. The molecule has 0 atom stereocenters. The molecule has 10 nitrogen and oxygen atoms in total. The fraction of sp³-hybridized carbons (Fsp3) is 0.226. The number of piperazine rings is 1. The Bertz CT molecular complexity index is 1890. The summed E-state index contributed by atoms with van der Waals surface area (Å²) in [5, 5.41) is 7.40. The summed E-state index contributed by atoms with van der Waals surface area (Å²) < 4.78 is 5.48. The summed E-state index contributed by atoms with van der Waals surface area (Å²) in [6.45, 7) is 3.11. The van der Waals surface area contributed by atoms with E-state index < -0.39 is 5.69 Å². The number of benzene rings is 3. The van der Waals surface area contributed by atoms with Gasteiger partial charge in [0.1, 0.15) is 0 Å². The fourth-order valence-corrected chi connectivity index (χ4v) is 5.80. The Labute approximate surface area is 262 Å². The number of nitrogens with zero attached hydrogens (tertiary/aromatic N) is 6. The molecule has 0 radical (unpaired) electrons. The predicted molar refractivity (Wildman–Crippen MR) is 180 cm³/mol. The van der Waals surface area contributed by atoms with Crippen LogP contribution in [0.3, 0.4) is 0 Å². The van der Waals surface area contributed by atoms with Gasteiger partial charge in [0.2, 0.25) is 5.95 Å². The number of aromatic nitrogens is 4. The number of nitrogens with one attached hydrogen (secondary N) is 2. The monoisotopic (exact) mass is 658 g/mol. The molecule has 1 aliphatic heterocycles. The molecule has 2 aromatic heterocycles. The zero-order valence-corrected chi connectivity index (χ0v) is 26.2. The molecule has 5 aromatic rings. The van der Waals surface area contributed by atoms with E-state index in [2.05, 4.69) is 36.4 Å². The second-order valence-corrected chi connectivity index (χ2v) is 11.8. The number of aryl methyl sites for hydroxylation is 1. The van der Waals surface area contributed by atoms with Gasteiger partial charge in [0.05, 0.1) is 6.54 Å². The number of imidazole rings is 1. The zero-order chi connectivity index (χ0) is 30.1. The van der Waals surface area contributed by atoms with Crippen LogP contribution in [0.1, 0.15) is 5.56 Å². The quantitative estimate of drug-likeness (QED) is 0.258. The third-order valence-electron chi connectivity index (χ3n) is 7.63. The molecule has 220 valence electrons. The Hall–Kier alpha value is -4.42. The van der Waals surface area contributed by atoms with Crippen molar-refractivity contribution in [2.45, 2.75) is 6.54 Å². The van der Waals surface area contributed by atoms with Gasteiger partial charge < -0.3 is 20.4 Å². The number of rotatable bonds is 6. The van der Waals surface area contributed by atoms with Gasteiger partial charge in [-0.3, -0.25) is 18.5 Å². The molecule has 0 unspecified atom stereocenters. The molecule has 0 spiro atoms. The van der Waals surface area contributed by atoms with Crippen LogP contribution in [0.15, 0.2) is 92.9 Å². The SMILES string of the molecule is Cn1c(=O)c2c(nc(N3CCN(C(=S)Nc4ccc(Nc5ccccc5)cc4)CC3)n2Cc2ccc(Br)cc2)n(C)c1=O. The Morgan fingerprint density at radius 3 is 2.14 bits per heavy atom. The van der Waals surface area contributed by atoms with Crippen molar-refractivity contribution >= 4 is 67.4 Å². The van der Waals surface area contributed by atoms with Gasteiger partial charge in [-0.2, -0.15) is 4.98 Å². The summed E-state index contributed by atoms with van der Waals surface area (Å²) >= 11 is 9.25. The van der Waals surface area contributed by atoms with Gasteiger partial charge in [-0.25, -0.2) is 4.79 Å². The van der Waals surface area contributed by atoms with Crippen LogP contribution in [0.4, 0.5) is 23.0 Å². The molecule has 3 heterocycles. The number of hydrogen-bond donors (Lipinski definition) is 2. The number of anilines is 4. The summed E-state index contributed by atoms with van der Waals surface area (Å²) in [4.78, 5) is 35.1. The molecular formula is C31H31BrN8O2S. The van der Waals surface area contributed by atoms with E-state index in [1.54, 1.807) is 7.05 Å². The Morgan fingerprint density at radius 1 is 0.837 bits per heavy atom. The molecule has 0 saturated carbocycles. The Kier molecular flexibility index (Phi) is 8.04. The molecule has 0 aliphatic carbocycles. The molecule has 2 N–H and O–H groups in total. The number of fused-ring (bicyclic) bond motifs is 1. The van der Waals surface area contributed by atoms with Crippen molar-refractivity contribution in [3.8, 4) is 0 Å². The molecular weight excluding hydrogens is 628 g/mol. The van der Waals surface area contributed by atoms with E-state index in [0.717, 1.165) is 31.7 Å². The third-order valence-corrected chi connectivity index (χ3v) is 8.52. The normalized spacial score (nSPS) is 13.4. The van der Waals surface area contributed by atoms with E-state index >= 15 is 0 Å². The van der Waals surface area contributed by atoms with Crippen LogP contribution in [0.25, 0.3) is 11.2 Å². The van der Waals surface area contributed by atoms with E-state index in [1.807, 2.05) is 83.4 Å². The van der Waals surface area contributed by atoms with Crippen molar-refractivity contribution in [1.29, 1.82) is 0 Å². The van der Waals surface area contributed by atoms with Crippen molar-refractivity contribution in [2.75, 3.05) is 41.7 Å². The summed E-state index contributed by atoms with van der Waals surface area (Å²) in [6, 6.07) is 26.1. The largest absolute Gasteiger partial charge is 0.356 e. The van der Waals surface area contributed by atoms with Gasteiger partial charge >= 0.3 is 5.69 Å². The first-order valence-corrected chi connectivity index (χ1v) is 15.1. The standard InChI is InChI=1S/C31H31BrN8O2S/c1-36-27-26(28(41)37(2)31(36)42)40(20-21-8-10-22(32)11-9-21)29(35-27)38-16-18-39(19-17-38)30(43)34-25-14-12-24(13-15-25)33-23-6-4-3-5-7-23/h3-15,33H,16-20H2,1-2H3,(H,34,43). The van der Waals surface area contributed by atoms with Gasteiger partial charge in [-0.1, -0.05) is 46.3 Å². The lowest BCUT2D eigenvalue weighted by Gasteiger charge is -2.36. The van der Waals surface area contributed by atoms with Crippen LogP contribution in [0.2, 0.25) is 0 Å². The van der Waals surface area contributed by atoms with Gasteiger partial charge in [0.15, 0.2) is 16.3 Å². The van der Waals surface area contributed by atoms with Crippen molar-refractivity contribution in [3.63, 3.8) is 0 Å². The lowest BCUT2D eigenvalue weighted by Crippen LogP contribution is -2.50. The highest BCUT2D eigenvalue weighted by atomic mass is 79.9. The Morgan fingerprint density at radius 2 is 1.47 bits per heavy atom. The highest BCUT2D eigenvalue weighted by Crippen LogP contribution is 2.24. The van der Waals surface area contributed by atoms with Crippen molar-refractivity contribution in [2.24, 2.45) is 14.1 Å². The summed E-state index contributed by atoms with van der Waals surface area (Å²) in [5.41, 5.74) is 4.00. The van der Waals surface area contributed by atoms with Gasteiger partial charge in [0.25, 0.3) is 5.56 Å². The summed E-state index contributed by atoms with van der Waals surface area (Å²) in [6.07, 6.45) is 0. The van der Waals surface area contributed by atoms with Crippen LogP contribution in [-0.2, 0) is 20.6 Å². The lowest BCUT2D eigenvalue weighted by molar-refractivity contribution is 0.386. The van der Waals surface area contributed by atoms with E-state index in [1.165, 1.54) is 11.6 Å². The first-order valence-electron chi connectivity index (χ1n) is 13.9. The highest BCUT2D eigenvalue weighted by Gasteiger charge is 2.26. The number of thiocarbonyl (C=S) groups is 1. The molecule has 0 amide bonds. The van der Waals surface area contributed by atoms with Gasteiger partial charge in [0, 0.05) is 61.8 Å². The second-order valence-electron chi connectivity index (χ2n) is 10.5. The van der Waals surface area contributed by atoms with E-state index in [4.69, 9.17) is 17.2 Å². The lowest BCUT2D eigenvalue weighted by atomic mass is 10.2. The molecule has 1 aliphatic rings. The van der Waals surface area contributed by atoms with Crippen molar-refractivity contribution in [3.05, 3.63) is 110 Å². The highest BCUT2D eigenvalue weighted by molar-refractivity contribution is 9.10. The summed E-state index contributed by atoms with van der Waals surface area (Å²) in [5.74, 6) is 0.663. The zero-order valence-electron chi connectivity index (χ0n) is 23.8. The van der Waals surface area contributed by atoms with Crippen LogP contribution < -0.4 is 26.8 Å². The molecule has 3 aromatic carbocycles. The van der Waals surface area contributed by atoms with Crippen LogP contribution >= 0.6 is 28.1 Å². The van der Waals surface area contributed by atoms with E-state index in [9.17, 15) is 9.59 Å². The maximum absolute atomic E-state index is 13.3. The topological polar surface area (TPSA) is 92.4 Å². The number of para-hydroxylation sites is 1. The molecule has 1 fully saturated rings. The second kappa shape index (κ2) is 12.1.